The van der Waals surface area contributed by atoms with Crippen molar-refractivity contribution in [1.29, 1.82) is 0 Å². The Hall–Kier alpha value is -2.27. The number of aromatic nitrogens is 2. The van der Waals surface area contributed by atoms with Crippen LogP contribution in [0.25, 0.3) is 0 Å². The van der Waals surface area contributed by atoms with E-state index >= 15 is 0 Å². The summed E-state index contributed by atoms with van der Waals surface area (Å²) in [6.07, 6.45) is 5.86. The highest BCUT2D eigenvalue weighted by Crippen LogP contribution is 2.31. The van der Waals surface area contributed by atoms with Crippen molar-refractivity contribution in [2.24, 2.45) is 0 Å². The summed E-state index contributed by atoms with van der Waals surface area (Å²) in [4.78, 5) is 36.4. The van der Waals surface area contributed by atoms with E-state index in [1.165, 1.54) is 35.6 Å². The van der Waals surface area contributed by atoms with Gasteiger partial charge in [0.1, 0.15) is 10.6 Å². The van der Waals surface area contributed by atoms with Gasteiger partial charge >= 0.3 is 0 Å². The second kappa shape index (κ2) is 8.70. The summed E-state index contributed by atoms with van der Waals surface area (Å²) in [5, 5.41) is 0.0209. The van der Waals surface area contributed by atoms with Crippen LogP contribution in [0.4, 0.5) is 0 Å². The fourth-order valence-corrected chi connectivity index (χ4v) is 5.40. The van der Waals surface area contributed by atoms with Crippen LogP contribution in [-0.2, 0) is 10.0 Å². The molecule has 0 unspecified atom stereocenters. The van der Waals surface area contributed by atoms with E-state index in [0.717, 1.165) is 12.8 Å². The van der Waals surface area contributed by atoms with E-state index in [4.69, 9.17) is 23.2 Å². The molecule has 164 valence electrons. The number of nitrogens with zero attached hydrogens (tertiary/aromatic N) is 4. The lowest BCUT2D eigenvalue weighted by atomic mass is 10.1. The number of piperazine rings is 1. The predicted molar refractivity (Wildman–Crippen MR) is 114 cm³/mol. The third-order valence-corrected chi connectivity index (χ3v) is 7.37. The van der Waals surface area contributed by atoms with Gasteiger partial charge in [0.15, 0.2) is 0 Å². The van der Waals surface area contributed by atoms with E-state index in [9.17, 15) is 18.0 Å². The number of benzene rings is 1. The molecule has 1 aromatic carbocycles. The van der Waals surface area contributed by atoms with Crippen LogP contribution in [0.3, 0.4) is 0 Å². The van der Waals surface area contributed by atoms with Gasteiger partial charge in [-0.25, -0.2) is 18.1 Å². The second-order valence-corrected chi connectivity index (χ2v) is 9.83. The Morgan fingerprint density at radius 3 is 2.19 bits per heavy atom. The maximum atomic E-state index is 13.0. The molecular weight excluding hydrogens is 465 g/mol. The fraction of sp³-hybridized carbons (Fsp3) is 0.368. The predicted octanol–water partition coefficient (Wildman–Crippen LogP) is 1.82. The molecule has 0 atom stereocenters. The minimum atomic E-state index is -3.86. The SMILES string of the molecule is O=C(c1cnccn1)N1CCN(C(=O)c2cc(S(=O)(=O)NC3CC3)c(Cl)cc2Cl)CC1. The van der Waals surface area contributed by atoms with Crippen molar-refractivity contribution in [1.82, 2.24) is 24.5 Å². The Balaban J connectivity index is 1.49. The van der Waals surface area contributed by atoms with Crippen molar-refractivity contribution in [3.05, 3.63) is 52.0 Å². The number of carbonyl (C=O) groups is 2. The van der Waals surface area contributed by atoms with E-state index in [2.05, 4.69) is 14.7 Å². The highest BCUT2D eigenvalue weighted by molar-refractivity contribution is 7.89. The van der Waals surface area contributed by atoms with Gasteiger partial charge in [-0.2, -0.15) is 0 Å². The molecule has 2 amide bonds. The van der Waals surface area contributed by atoms with Gasteiger partial charge in [0.2, 0.25) is 10.0 Å². The summed E-state index contributed by atoms with van der Waals surface area (Å²) in [6.45, 7) is 1.15. The largest absolute Gasteiger partial charge is 0.335 e. The molecule has 9 nitrogen and oxygen atoms in total. The minimum absolute atomic E-state index is 0.0471. The van der Waals surface area contributed by atoms with Gasteiger partial charge in [-0.15, -0.1) is 0 Å². The monoisotopic (exact) mass is 483 g/mol. The van der Waals surface area contributed by atoms with Crippen LogP contribution >= 0.6 is 23.2 Å². The van der Waals surface area contributed by atoms with Crippen LogP contribution in [0.5, 0.6) is 0 Å². The van der Waals surface area contributed by atoms with Gasteiger partial charge in [-0.1, -0.05) is 23.2 Å². The summed E-state index contributed by atoms with van der Waals surface area (Å²) in [5.41, 5.74) is 0.289. The number of rotatable bonds is 5. The van der Waals surface area contributed by atoms with Crippen molar-refractivity contribution in [2.45, 2.75) is 23.8 Å². The lowest BCUT2D eigenvalue weighted by Crippen LogP contribution is -2.50. The normalized spacial score (nSPS) is 17.0. The number of carbonyl (C=O) groups excluding carboxylic acids is 2. The summed E-state index contributed by atoms with van der Waals surface area (Å²) >= 11 is 12.3. The smallest absolute Gasteiger partial charge is 0.274 e. The third-order valence-electron chi connectivity index (χ3n) is 5.08. The zero-order chi connectivity index (χ0) is 22.2. The lowest BCUT2D eigenvalue weighted by molar-refractivity contribution is 0.0532. The molecule has 31 heavy (non-hydrogen) atoms. The van der Waals surface area contributed by atoms with Crippen molar-refractivity contribution in [3.8, 4) is 0 Å². The first-order chi connectivity index (χ1) is 14.8. The van der Waals surface area contributed by atoms with E-state index in [-0.39, 0.29) is 51.2 Å². The first-order valence-electron chi connectivity index (χ1n) is 9.62. The number of nitrogens with one attached hydrogen (secondary N) is 1. The summed E-state index contributed by atoms with van der Waals surface area (Å²) in [6, 6.07) is 2.39. The Morgan fingerprint density at radius 1 is 0.968 bits per heavy atom. The summed E-state index contributed by atoms with van der Waals surface area (Å²) < 4.78 is 27.8. The number of sulfonamides is 1. The highest BCUT2D eigenvalue weighted by Gasteiger charge is 2.32. The minimum Gasteiger partial charge on any atom is -0.335 e. The quantitative estimate of drug-likeness (QED) is 0.693. The molecule has 1 saturated carbocycles. The molecule has 1 aliphatic heterocycles. The topological polar surface area (TPSA) is 113 Å². The van der Waals surface area contributed by atoms with Crippen LogP contribution in [0.15, 0.2) is 35.6 Å². The van der Waals surface area contributed by atoms with E-state index in [0.29, 0.717) is 13.1 Å². The Kier molecular flexibility index (Phi) is 6.16. The number of hydrogen-bond acceptors (Lipinski definition) is 6. The molecule has 1 aromatic heterocycles. The van der Waals surface area contributed by atoms with Crippen LogP contribution < -0.4 is 4.72 Å². The molecule has 1 aliphatic carbocycles. The number of halogens is 2. The fourth-order valence-electron chi connectivity index (χ4n) is 3.24. The summed E-state index contributed by atoms with van der Waals surface area (Å²) in [5.74, 6) is -0.680. The second-order valence-electron chi connectivity index (χ2n) is 7.33. The molecule has 0 radical (unpaired) electrons. The van der Waals surface area contributed by atoms with Gasteiger partial charge in [-0.3, -0.25) is 14.6 Å². The van der Waals surface area contributed by atoms with Crippen molar-refractivity contribution in [3.63, 3.8) is 0 Å². The average Bonchev–Trinajstić information content (AvgIpc) is 3.56. The van der Waals surface area contributed by atoms with Crippen molar-refractivity contribution >= 4 is 45.0 Å². The molecule has 0 spiro atoms. The molecule has 12 heteroatoms. The zero-order valence-corrected chi connectivity index (χ0v) is 18.6. The van der Waals surface area contributed by atoms with Crippen molar-refractivity contribution < 1.29 is 18.0 Å². The molecule has 2 heterocycles. The molecule has 0 bridgehead atoms. The summed E-state index contributed by atoms with van der Waals surface area (Å²) in [7, 11) is -3.86. The number of amides is 2. The maximum absolute atomic E-state index is 13.0. The van der Waals surface area contributed by atoms with E-state index in [1.807, 2.05) is 0 Å². The van der Waals surface area contributed by atoms with Gasteiger partial charge in [0.05, 0.1) is 21.8 Å². The first kappa shape index (κ1) is 21.9. The standard InChI is InChI=1S/C19H19Cl2N5O4S/c20-14-10-15(21)17(31(29,30)24-12-1-2-12)9-13(14)18(27)25-5-7-26(8-6-25)19(28)16-11-22-3-4-23-16/h3-4,9-12,24H,1-2,5-8H2. The zero-order valence-electron chi connectivity index (χ0n) is 16.3. The van der Waals surface area contributed by atoms with Gasteiger partial charge in [-0.05, 0) is 25.0 Å². The van der Waals surface area contributed by atoms with Gasteiger partial charge in [0, 0.05) is 44.6 Å². The Morgan fingerprint density at radius 2 is 1.61 bits per heavy atom. The lowest BCUT2D eigenvalue weighted by Gasteiger charge is -2.34. The molecule has 2 fully saturated rings. The average molecular weight is 484 g/mol. The molecule has 4 rings (SSSR count). The van der Waals surface area contributed by atoms with Crippen LogP contribution in [0.1, 0.15) is 33.7 Å². The molecule has 2 aromatic rings. The first-order valence-corrected chi connectivity index (χ1v) is 11.9. The van der Waals surface area contributed by atoms with Crippen LogP contribution in [0, 0.1) is 0 Å². The van der Waals surface area contributed by atoms with Crippen molar-refractivity contribution in [2.75, 3.05) is 26.2 Å². The van der Waals surface area contributed by atoms with Gasteiger partial charge < -0.3 is 9.80 Å². The maximum Gasteiger partial charge on any atom is 0.274 e. The van der Waals surface area contributed by atoms with E-state index < -0.39 is 15.9 Å². The highest BCUT2D eigenvalue weighted by atomic mass is 35.5. The molecule has 1 saturated heterocycles. The van der Waals surface area contributed by atoms with Crippen LogP contribution in [-0.4, -0.2) is 72.2 Å². The molecular formula is C19H19Cl2N5O4S. The third kappa shape index (κ3) is 4.82. The molecule has 2 aliphatic rings. The van der Waals surface area contributed by atoms with Crippen LogP contribution in [0.2, 0.25) is 10.0 Å². The number of hydrogen-bond donors (Lipinski definition) is 1. The van der Waals surface area contributed by atoms with Gasteiger partial charge in [0.25, 0.3) is 11.8 Å². The Bertz CT molecular complexity index is 1120. The Labute approximate surface area is 189 Å². The van der Waals surface area contributed by atoms with E-state index in [1.54, 1.807) is 4.90 Å². The molecule has 1 N–H and O–H groups in total.